The number of hydrogen-bond acceptors (Lipinski definition) is 3. The first kappa shape index (κ1) is 15.1. The third-order valence-electron chi connectivity index (χ3n) is 2.72. The molecule has 0 spiro atoms. The van der Waals surface area contributed by atoms with Gasteiger partial charge in [-0.2, -0.15) is 0 Å². The Hall–Kier alpha value is -1.33. The Morgan fingerprint density at radius 1 is 1.15 bits per heavy atom. The highest BCUT2D eigenvalue weighted by molar-refractivity contribution is 9.11. The number of hydrogen-bond donors (Lipinski definition) is 0. The van der Waals surface area contributed by atoms with Crippen LogP contribution in [0.2, 0.25) is 0 Å². The van der Waals surface area contributed by atoms with Crippen molar-refractivity contribution in [2.24, 2.45) is 0 Å². The quantitative estimate of drug-likeness (QED) is 0.688. The van der Waals surface area contributed by atoms with Crippen molar-refractivity contribution < 1.29 is 14.3 Å². The standard InChI is InChI=1S/C15H12Br2O3/c1-19-14-5-3-2-4-11(14)9-20-15-12(16)6-10(8-18)7-13(15)17/h2-8H,9H2,1H3. The Bertz CT molecular complexity index is 603. The molecule has 0 aromatic heterocycles. The molecule has 20 heavy (non-hydrogen) atoms. The van der Waals surface area contributed by atoms with Gasteiger partial charge in [0.05, 0.1) is 16.1 Å². The first-order chi connectivity index (χ1) is 9.65. The van der Waals surface area contributed by atoms with Gasteiger partial charge in [-0.25, -0.2) is 0 Å². The van der Waals surface area contributed by atoms with Crippen LogP contribution in [0.4, 0.5) is 0 Å². The van der Waals surface area contributed by atoms with Gasteiger partial charge in [0.25, 0.3) is 0 Å². The van der Waals surface area contributed by atoms with E-state index in [0.717, 1.165) is 26.5 Å². The van der Waals surface area contributed by atoms with Crippen molar-refractivity contribution >= 4 is 38.1 Å². The molecule has 0 saturated carbocycles. The van der Waals surface area contributed by atoms with E-state index in [2.05, 4.69) is 31.9 Å². The van der Waals surface area contributed by atoms with Crippen LogP contribution in [0.15, 0.2) is 45.3 Å². The van der Waals surface area contributed by atoms with E-state index >= 15 is 0 Å². The van der Waals surface area contributed by atoms with E-state index in [0.29, 0.717) is 17.9 Å². The molecule has 0 fully saturated rings. The van der Waals surface area contributed by atoms with Gasteiger partial charge in [0.1, 0.15) is 24.4 Å². The van der Waals surface area contributed by atoms with Gasteiger partial charge >= 0.3 is 0 Å². The molecule has 0 unspecified atom stereocenters. The summed E-state index contributed by atoms with van der Waals surface area (Å²) in [6.07, 6.45) is 0.791. The van der Waals surface area contributed by atoms with Crippen molar-refractivity contribution in [1.82, 2.24) is 0 Å². The Kier molecular flexibility index (Phi) is 5.20. The maximum Gasteiger partial charge on any atom is 0.150 e. The number of rotatable bonds is 5. The first-order valence-electron chi connectivity index (χ1n) is 5.84. The predicted molar refractivity (Wildman–Crippen MR) is 84.6 cm³/mol. The molecule has 0 aliphatic rings. The van der Waals surface area contributed by atoms with E-state index < -0.39 is 0 Å². The minimum atomic E-state index is 0.377. The minimum Gasteiger partial charge on any atom is -0.496 e. The van der Waals surface area contributed by atoms with Crippen molar-refractivity contribution in [3.8, 4) is 11.5 Å². The highest BCUT2D eigenvalue weighted by Gasteiger charge is 2.10. The summed E-state index contributed by atoms with van der Waals surface area (Å²) >= 11 is 6.81. The predicted octanol–water partition coefficient (Wildman–Crippen LogP) is 4.61. The maximum absolute atomic E-state index is 10.8. The van der Waals surface area contributed by atoms with Gasteiger partial charge in [-0.15, -0.1) is 0 Å². The van der Waals surface area contributed by atoms with Crippen LogP contribution in [0.1, 0.15) is 15.9 Å². The number of aldehydes is 1. The molecule has 0 heterocycles. The van der Waals surface area contributed by atoms with Crippen LogP contribution in [0.3, 0.4) is 0 Å². The van der Waals surface area contributed by atoms with Gasteiger partial charge in [-0.1, -0.05) is 18.2 Å². The molecule has 5 heteroatoms. The summed E-state index contributed by atoms with van der Waals surface area (Å²) in [6.45, 7) is 0.377. The molecule has 0 aliphatic heterocycles. The van der Waals surface area contributed by atoms with Gasteiger partial charge in [-0.3, -0.25) is 4.79 Å². The number of benzene rings is 2. The van der Waals surface area contributed by atoms with Gasteiger partial charge in [0, 0.05) is 11.1 Å². The molecule has 0 radical (unpaired) electrons. The van der Waals surface area contributed by atoms with Crippen molar-refractivity contribution in [2.45, 2.75) is 6.61 Å². The molecular weight excluding hydrogens is 388 g/mol. The Morgan fingerprint density at radius 3 is 2.40 bits per heavy atom. The average Bonchev–Trinajstić information content (AvgIpc) is 2.46. The van der Waals surface area contributed by atoms with Crippen LogP contribution >= 0.6 is 31.9 Å². The van der Waals surface area contributed by atoms with Crippen LogP contribution in [0, 0.1) is 0 Å². The molecule has 0 N–H and O–H groups in total. The Morgan fingerprint density at radius 2 is 1.80 bits per heavy atom. The van der Waals surface area contributed by atoms with E-state index in [1.807, 2.05) is 24.3 Å². The maximum atomic E-state index is 10.8. The Labute approximate surface area is 134 Å². The zero-order valence-electron chi connectivity index (χ0n) is 10.7. The van der Waals surface area contributed by atoms with Gasteiger partial charge in [-0.05, 0) is 50.1 Å². The van der Waals surface area contributed by atoms with Crippen LogP contribution in [-0.2, 0) is 6.61 Å². The molecule has 2 rings (SSSR count). The summed E-state index contributed by atoms with van der Waals surface area (Å²) in [5, 5.41) is 0. The lowest BCUT2D eigenvalue weighted by molar-refractivity contribution is 0.112. The van der Waals surface area contributed by atoms with Crippen LogP contribution in [-0.4, -0.2) is 13.4 Å². The van der Waals surface area contributed by atoms with Crippen LogP contribution in [0.5, 0.6) is 11.5 Å². The summed E-state index contributed by atoms with van der Waals surface area (Å²) in [7, 11) is 1.63. The minimum absolute atomic E-state index is 0.377. The molecule has 3 nitrogen and oxygen atoms in total. The molecule has 104 valence electrons. The topological polar surface area (TPSA) is 35.5 Å². The fourth-order valence-electron chi connectivity index (χ4n) is 1.76. The van der Waals surface area contributed by atoms with Crippen LogP contribution < -0.4 is 9.47 Å². The number of carbonyl (C=O) groups is 1. The summed E-state index contributed by atoms with van der Waals surface area (Å²) in [5.74, 6) is 1.44. The van der Waals surface area contributed by atoms with Gasteiger partial charge < -0.3 is 9.47 Å². The summed E-state index contributed by atoms with van der Waals surface area (Å²) in [5.41, 5.74) is 1.53. The average molecular weight is 400 g/mol. The van der Waals surface area contributed by atoms with E-state index in [1.165, 1.54) is 0 Å². The SMILES string of the molecule is COc1ccccc1COc1c(Br)cc(C=O)cc1Br. The Balaban J connectivity index is 2.21. The van der Waals surface area contributed by atoms with E-state index in [4.69, 9.17) is 9.47 Å². The van der Waals surface area contributed by atoms with Crippen molar-refractivity contribution in [2.75, 3.05) is 7.11 Å². The smallest absolute Gasteiger partial charge is 0.150 e. The molecule has 0 bridgehead atoms. The third kappa shape index (κ3) is 3.41. The molecular formula is C15H12Br2O3. The number of halogens is 2. The second-order valence-corrected chi connectivity index (χ2v) is 5.74. The zero-order chi connectivity index (χ0) is 14.5. The molecule has 2 aromatic carbocycles. The number of ether oxygens (including phenoxy) is 2. The monoisotopic (exact) mass is 398 g/mol. The van der Waals surface area contributed by atoms with Crippen molar-refractivity contribution in [1.29, 1.82) is 0 Å². The summed E-state index contributed by atoms with van der Waals surface area (Å²) in [4.78, 5) is 10.8. The lowest BCUT2D eigenvalue weighted by Gasteiger charge is -2.13. The van der Waals surface area contributed by atoms with E-state index in [-0.39, 0.29) is 0 Å². The lowest BCUT2D eigenvalue weighted by atomic mass is 10.2. The number of para-hydroxylation sites is 1. The number of carbonyl (C=O) groups excluding carboxylic acids is 1. The lowest BCUT2D eigenvalue weighted by Crippen LogP contribution is -2.00. The highest BCUT2D eigenvalue weighted by Crippen LogP contribution is 2.35. The molecule has 0 aliphatic carbocycles. The van der Waals surface area contributed by atoms with E-state index in [1.54, 1.807) is 19.2 Å². The number of methoxy groups -OCH3 is 1. The van der Waals surface area contributed by atoms with Crippen molar-refractivity contribution in [3.63, 3.8) is 0 Å². The molecule has 2 aromatic rings. The zero-order valence-corrected chi connectivity index (χ0v) is 13.9. The largest absolute Gasteiger partial charge is 0.496 e. The molecule has 0 saturated heterocycles. The van der Waals surface area contributed by atoms with Gasteiger partial charge in [0.15, 0.2) is 0 Å². The van der Waals surface area contributed by atoms with Crippen LogP contribution in [0.25, 0.3) is 0 Å². The summed E-state index contributed by atoms with van der Waals surface area (Å²) < 4.78 is 12.5. The highest BCUT2D eigenvalue weighted by atomic mass is 79.9. The fourth-order valence-corrected chi connectivity index (χ4v) is 3.21. The molecule has 0 amide bonds. The normalized spacial score (nSPS) is 10.2. The van der Waals surface area contributed by atoms with Crippen molar-refractivity contribution in [3.05, 3.63) is 56.5 Å². The second-order valence-electron chi connectivity index (χ2n) is 4.03. The summed E-state index contributed by atoms with van der Waals surface area (Å²) in [6, 6.07) is 11.1. The fraction of sp³-hybridized carbons (Fsp3) is 0.133. The second kappa shape index (κ2) is 6.90. The third-order valence-corrected chi connectivity index (χ3v) is 3.90. The molecule has 0 atom stereocenters. The van der Waals surface area contributed by atoms with Gasteiger partial charge in [0.2, 0.25) is 0 Å². The van der Waals surface area contributed by atoms with E-state index in [9.17, 15) is 4.79 Å². The first-order valence-corrected chi connectivity index (χ1v) is 7.43.